The van der Waals surface area contributed by atoms with E-state index in [2.05, 4.69) is 4.74 Å². The van der Waals surface area contributed by atoms with Crippen LogP contribution < -0.4 is 10.5 Å². The first-order chi connectivity index (χ1) is 15.8. The molecule has 0 bridgehead atoms. The van der Waals surface area contributed by atoms with Gasteiger partial charge in [0.2, 0.25) is 5.91 Å². The van der Waals surface area contributed by atoms with Gasteiger partial charge in [-0.2, -0.15) is 13.2 Å². The Hall–Kier alpha value is -2.05. The number of carbonyl (C=O) groups is 2. The van der Waals surface area contributed by atoms with E-state index >= 15 is 0 Å². The van der Waals surface area contributed by atoms with E-state index in [4.69, 9.17) is 17.3 Å². The van der Waals surface area contributed by atoms with Gasteiger partial charge in [-0.25, -0.2) is 13.2 Å². The van der Waals surface area contributed by atoms with Crippen molar-refractivity contribution >= 4 is 33.3 Å². The zero-order valence-electron chi connectivity index (χ0n) is 18.1. The lowest BCUT2D eigenvalue weighted by Crippen LogP contribution is -2.42. The molecular formula is C21H26ClF3N2O6S. The van der Waals surface area contributed by atoms with Crippen LogP contribution in [0.2, 0.25) is 5.02 Å². The third kappa shape index (κ3) is 6.33. The number of carbonyl (C=O) groups excluding carboxylic acids is 1. The van der Waals surface area contributed by atoms with E-state index in [9.17, 15) is 36.3 Å². The van der Waals surface area contributed by atoms with Crippen molar-refractivity contribution in [2.75, 3.05) is 13.2 Å². The molecule has 1 heterocycles. The van der Waals surface area contributed by atoms with Crippen molar-refractivity contribution in [2.45, 2.75) is 66.9 Å². The lowest BCUT2D eigenvalue weighted by atomic mass is 9.84. The van der Waals surface area contributed by atoms with E-state index in [-0.39, 0.29) is 47.0 Å². The molecule has 0 unspecified atom stereocenters. The number of hydrogen-bond acceptors (Lipinski definition) is 6. The number of amides is 1. The molecule has 3 N–H and O–H groups in total. The second kappa shape index (κ2) is 10.3. The second-order valence-electron chi connectivity index (χ2n) is 8.78. The molecule has 3 rings (SSSR count). The number of carboxylic acids is 1. The van der Waals surface area contributed by atoms with Crippen molar-refractivity contribution in [3.63, 3.8) is 0 Å². The number of carboxylic acid groups (broad SMARTS) is 1. The Bertz CT molecular complexity index is 1030. The zero-order valence-corrected chi connectivity index (χ0v) is 19.7. The molecule has 1 aliphatic carbocycles. The Morgan fingerprint density at radius 1 is 1.21 bits per heavy atom. The number of alkyl halides is 3. The summed E-state index contributed by atoms with van der Waals surface area (Å²) in [6.45, 7) is -1.88. The Morgan fingerprint density at radius 2 is 1.85 bits per heavy atom. The standard InChI is InChI=1S/C21H26ClF3N2O6S/c22-16-8-14(33-11-21(23,24)25)5-6-18(16)34(31,32)15-9-17(20(29)30)27(10-15)19(28)7-12-1-3-13(26)4-2-12/h5-6,8,12-13,15,17H,1-4,7,9-11,26H2,(H,29,30)/t12?,13?,15-,17+/m1/s1. The SMILES string of the molecule is NC1CCC(CC(=O)N2C[C@H](S(=O)(=O)c3ccc(OCC(F)(F)F)cc3Cl)C[C@H]2C(=O)O)CC1. The van der Waals surface area contributed by atoms with Gasteiger partial charge in [-0.1, -0.05) is 11.6 Å². The summed E-state index contributed by atoms with van der Waals surface area (Å²) < 4.78 is 68.0. The molecule has 190 valence electrons. The second-order valence-corrected chi connectivity index (χ2v) is 11.4. The van der Waals surface area contributed by atoms with Gasteiger partial charge in [0, 0.05) is 25.1 Å². The van der Waals surface area contributed by atoms with Crippen LogP contribution in [0, 0.1) is 5.92 Å². The quantitative estimate of drug-likeness (QED) is 0.559. The van der Waals surface area contributed by atoms with E-state index in [1.54, 1.807) is 0 Å². The first-order valence-electron chi connectivity index (χ1n) is 10.8. The molecule has 1 aliphatic heterocycles. The summed E-state index contributed by atoms with van der Waals surface area (Å²) in [5, 5.41) is 8.03. The summed E-state index contributed by atoms with van der Waals surface area (Å²) >= 11 is 6.03. The Morgan fingerprint density at radius 3 is 2.41 bits per heavy atom. The van der Waals surface area contributed by atoms with Crippen LogP contribution >= 0.6 is 11.6 Å². The minimum Gasteiger partial charge on any atom is -0.484 e. The van der Waals surface area contributed by atoms with Gasteiger partial charge in [0.25, 0.3) is 0 Å². The van der Waals surface area contributed by atoms with Crippen molar-refractivity contribution < 1.29 is 41.0 Å². The molecule has 0 aromatic heterocycles. The molecule has 1 saturated heterocycles. The summed E-state index contributed by atoms with van der Waals surface area (Å²) in [6.07, 6.45) is -1.72. The summed E-state index contributed by atoms with van der Waals surface area (Å²) in [7, 11) is -4.19. The van der Waals surface area contributed by atoms with E-state index in [0.29, 0.717) is 0 Å². The van der Waals surface area contributed by atoms with Gasteiger partial charge in [0.15, 0.2) is 16.4 Å². The number of sulfone groups is 1. The van der Waals surface area contributed by atoms with Crippen LogP contribution in [0.15, 0.2) is 23.1 Å². The van der Waals surface area contributed by atoms with E-state index in [0.717, 1.165) is 48.8 Å². The maximum absolute atomic E-state index is 13.2. The summed E-state index contributed by atoms with van der Waals surface area (Å²) in [5.74, 6) is -1.93. The molecule has 2 atom stereocenters. The number of benzene rings is 1. The highest BCUT2D eigenvalue weighted by Crippen LogP contribution is 2.35. The fourth-order valence-corrected chi connectivity index (χ4v) is 6.67. The van der Waals surface area contributed by atoms with Crippen molar-refractivity contribution in [1.29, 1.82) is 0 Å². The number of rotatable bonds is 7. The molecule has 1 aromatic carbocycles. The highest BCUT2D eigenvalue weighted by Gasteiger charge is 2.46. The Balaban J connectivity index is 1.74. The average Bonchev–Trinajstić information content (AvgIpc) is 3.20. The van der Waals surface area contributed by atoms with Crippen LogP contribution in [0.4, 0.5) is 13.2 Å². The molecule has 34 heavy (non-hydrogen) atoms. The lowest BCUT2D eigenvalue weighted by Gasteiger charge is -2.28. The van der Waals surface area contributed by atoms with Gasteiger partial charge in [0.05, 0.1) is 15.2 Å². The third-order valence-corrected chi connectivity index (χ3v) is 8.89. The van der Waals surface area contributed by atoms with Crippen molar-refractivity contribution in [3.05, 3.63) is 23.2 Å². The maximum Gasteiger partial charge on any atom is 0.422 e. The number of hydrogen-bond donors (Lipinski definition) is 2. The number of halogens is 4. The molecule has 8 nitrogen and oxygen atoms in total. The zero-order chi connectivity index (χ0) is 25.3. The van der Waals surface area contributed by atoms with Crippen LogP contribution in [0.25, 0.3) is 0 Å². The van der Waals surface area contributed by atoms with Gasteiger partial charge in [-0.3, -0.25) is 4.79 Å². The molecule has 2 fully saturated rings. The predicted octanol–water partition coefficient (Wildman–Crippen LogP) is 3.02. The minimum atomic E-state index is -4.58. The van der Waals surface area contributed by atoms with Gasteiger partial charge in [-0.05, 0) is 50.2 Å². The first kappa shape index (κ1) is 26.6. The number of nitrogens with two attached hydrogens (primary N) is 1. The number of aliphatic carboxylic acids is 1. The van der Waals surface area contributed by atoms with E-state index < -0.39 is 45.8 Å². The van der Waals surface area contributed by atoms with Gasteiger partial charge >= 0.3 is 12.1 Å². The highest BCUT2D eigenvalue weighted by molar-refractivity contribution is 7.92. The number of nitrogens with zero attached hydrogens (tertiary/aromatic N) is 1. The van der Waals surface area contributed by atoms with Crippen molar-refractivity contribution in [2.24, 2.45) is 11.7 Å². The molecule has 1 saturated carbocycles. The van der Waals surface area contributed by atoms with E-state index in [1.165, 1.54) is 0 Å². The summed E-state index contributed by atoms with van der Waals surface area (Å²) in [4.78, 5) is 25.4. The van der Waals surface area contributed by atoms with Crippen LogP contribution in [0.3, 0.4) is 0 Å². The van der Waals surface area contributed by atoms with Crippen molar-refractivity contribution in [3.8, 4) is 5.75 Å². The topological polar surface area (TPSA) is 127 Å². The maximum atomic E-state index is 13.2. The molecule has 0 spiro atoms. The van der Waals surface area contributed by atoms with Crippen LogP contribution in [-0.4, -0.2) is 67.0 Å². The fraction of sp³-hybridized carbons (Fsp3) is 0.619. The third-order valence-electron chi connectivity index (χ3n) is 6.27. The fourth-order valence-electron chi connectivity index (χ4n) is 4.44. The molecule has 0 radical (unpaired) electrons. The predicted molar refractivity (Wildman–Crippen MR) is 116 cm³/mol. The normalized spacial score (nSPS) is 25.9. The minimum absolute atomic E-state index is 0.0658. The summed E-state index contributed by atoms with van der Waals surface area (Å²) in [6, 6.07) is 1.82. The largest absolute Gasteiger partial charge is 0.484 e. The van der Waals surface area contributed by atoms with Gasteiger partial charge < -0.3 is 20.5 Å². The average molecular weight is 527 g/mol. The van der Waals surface area contributed by atoms with Crippen LogP contribution in [-0.2, 0) is 19.4 Å². The molecular weight excluding hydrogens is 501 g/mol. The smallest absolute Gasteiger partial charge is 0.422 e. The lowest BCUT2D eigenvalue weighted by molar-refractivity contribution is -0.153. The van der Waals surface area contributed by atoms with Crippen LogP contribution in [0.1, 0.15) is 38.5 Å². The van der Waals surface area contributed by atoms with Gasteiger partial charge in [0.1, 0.15) is 11.8 Å². The van der Waals surface area contributed by atoms with Gasteiger partial charge in [-0.15, -0.1) is 0 Å². The first-order valence-corrected chi connectivity index (χ1v) is 12.7. The molecule has 13 heteroatoms. The Kier molecular flexibility index (Phi) is 8.03. The van der Waals surface area contributed by atoms with E-state index in [1.807, 2.05) is 0 Å². The number of ether oxygens (including phenoxy) is 1. The molecule has 1 aromatic rings. The van der Waals surface area contributed by atoms with Crippen LogP contribution in [0.5, 0.6) is 5.75 Å². The number of likely N-dealkylation sites (tertiary alicyclic amines) is 1. The monoisotopic (exact) mass is 526 g/mol. The Labute approximate surface area is 200 Å². The molecule has 1 amide bonds. The van der Waals surface area contributed by atoms with Crippen molar-refractivity contribution in [1.82, 2.24) is 4.90 Å². The molecule has 2 aliphatic rings. The highest BCUT2D eigenvalue weighted by atomic mass is 35.5. The summed E-state index contributed by atoms with van der Waals surface area (Å²) in [5.41, 5.74) is 5.88.